The van der Waals surface area contributed by atoms with Gasteiger partial charge in [-0.25, -0.2) is 0 Å². The van der Waals surface area contributed by atoms with Crippen LogP contribution in [0.2, 0.25) is 5.02 Å². The molecule has 1 aromatic carbocycles. The highest BCUT2D eigenvalue weighted by molar-refractivity contribution is 9.10. The van der Waals surface area contributed by atoms with Crippen molar-refractivity contribution in [2.24, 2.45) is 11.8 Å². The van der Waals surface area contributed by atoms with Gasteiger partial charge in [0.2, 0.25) is 0 Å². The van der Waals surface area contributed by atoms with Gasteiger partial charge in [-0.05, 0) is 55.0 Å². The lowest BCUT2D eigenvalue weighted by atomic mass is 9.84. The van der Waals surface area contributed by atoms with Crippen LogP contribution in [0.5, 0.6) is 0 Å². The van der Waals surface area contributed by atoms with Gasteiger partial charge in [0.05, 0.1) is 0 Å². The van der Waals surface area contributed by atoms with E-state index in [2.05, 4.69) is 26.9 Å². The van der Waals surface area contributed by atoms with Crippen LogP contribution in [0, 0.1) is 11.8 Å². The van der Waals surface area contributed by atoms with E-state index in [0.29, 0.717) is 5.92 Å². The Labute approximate surface area is 139 Å². The lowest BCUT2D eigenvalue weighted by Crippen LogP contribution is -2.37. The predicted molar refractivity (Wildman–Crippen MR) is 88.6 cm³/mol. The van der Waals surface area contributed by atoms with Crippen molar-refractivity contribution in [3.63, 3.8) is 0 Å². The van der Waals surface area contributed by atoms with Crippen molar-refractivity contribution in [1.82, 2.24) is 4.90 Å². The second-order valence-corrected chi connectivity index (χ2v) is 7.27. The first-order valence-electron chi connectivity index (χ1n) is 7.33. The summed E-state index contributed by atoms with van der Waals surface area (Å²) in [5.41, 5.74) is 1.12. The fraction of sp³-hybridized carbons (Fsp3) is 0.562. The molecule has 1 aromatic rings. The molecule has 0 aromatic heterocycles. The molecule has 2 unspecified atom stereocenters. The number of piperidine rings is 1. The molecule has 0 spiro atoms. The molecule has 1 aliphatic rings. The Bertz CT molecular complexity index is 509. The zero-order valence-electron chi connectivity index (χ0n) is 12.2. The smallest absolute Gasteiger partial charge is 0.303 e. The Hall–Kier alpha value is -0.580. The fourth-order valence-corrected chi connectivity index (χ4v) is 3.63. The van der Waals surface area contributed by atoms with Crippen LogP contribution in [-0.2, 0) is 11.3 Å². The highest BCUT2D eigenvalue weighted by atomic mass is 79.9. The van der Waals surface area contributed by atoms with E-state index in [1.165, 1.54) is 0 Å². The van der Waals surface area contributed by atoms with Crippen molar-refractivity contribution in [3.05, 3.63) is 33.3 Å². The lowest BCUT2D eigenvalue weighted by Gasteiger charge is -2.35. The Morgan fingerprint density at radius 1 is 1.57 bits per heavy atom. The molecule has 2 rings (SSSR count). The van der Waals surface area contributed by atoms with Gasteiger partial charge in [0.25, 0.3) is 0 Å². The van der Waals surface area contributed by atoms with Crippen LogP contribution in [0.4, 0.5) is 0 Å². The highest BCUT2D eigenvalue weighted by Gasteiger charge is 2.26. The number of hydrogen-bond acceptors (Lipinski definition) is 2. The van der Waals surface area contributed by atoms with Crippen LogP contribution >= 0.6 is 27.5 Å². The summed E-state index contributed by atoms with van der Waals surface area (Å²) in [6, 6.07) is 5.92. The number of aliphatic carboxylic acids is 1. The van der Waals surface area contributed by atoms with Crippen LogP contribution < -0.4 is 0 Å². The summed E-state index contributed by atoms with van der Waals surface area (Å²) in [5, 5.41) is 9.74. The zero-order chi connectivity index (χ0) is 15.4. The molecule has 1 heterocycles. The standard InChI is InChI=1S/C16H21BrClNO2/c1-11(7-16(20)21)12-3-2-6-19(9-12)10-13-8-14(17)4-5-15(13)18/h4-5,8,11-12H,2-3,6-7,9-10H2,1H3,(H,20,21). The molecule has 0 aliphatic carbocycles. The van der Waals surface area contributed by atoms with E-state index in [0.717, 1.165) is 47.5 Å². The summed E-state index contributed by atoms with van der Waals surface area (Å²) in [4.78, 5) is 13.3. The number of benzene rings is 1. The van der Waals surface area contributed by atoms with E-state index < -0.39 is 5.97 Å². The molecule has 1 aliphatic heterocycles. The quantitative estimate of drug-likeness (QED) is 0.829. The number of carboxylic acid groups (broad SMARTS) is 1. The second kappa shape index (κ2) is 7.61. The lowest BCUT2D eigenvalue weighted by molar-refractivity contribution is -0.138. The SMILES string of the molecule is CC(CC(=O)O)C1CCCN(Cc2cc(Br)ccc2Cl)C1. The third kappa shape index (κ3) is 4.97. The molecular formula is C16H21BrClNO2. The van der Waals surface area contributed by atoms with Crippen molar-refractivity contribution in [2.75, 3.05) is 13.1 Å². The minimum Gasteiger partial charge on any atom is -0.481 e. The van der Waals surface area contributed by atoms with Crippen LogP contribution in [0.15, 0.2) is 22.7 Å². The maximum atomic E-state index is 10.9. The van der Waals surface area contributed by atoms with Gasteiger partial charge in [-0.1, -0.05) is 34.5 Å². The topological polar surface area (TPSA) is 40.5 Å². The Kier molecular flexibility index (Phi) is 6.08. The molecule has 1 N–H and O–H groups in total. The maximum Gasteiger partial charge on any atom is 0.303 e. The minimum absolute atomic E-state index is 0.225. The van der Waals surface area contributed by atoms with E-state index >= 15 is 0 Å². The monoisotopic (exact) mass is 373 g/mol. The second-order valence-electron chi connectivity index (χ2n) is 5.95. The summed E-state index contributed by atoms with van der Waals surface area (Å²) in [7, 11) is 0. The zero-order valence-corrected chi connectivity index (χ0v) is 14.5. The third-order valence-corrected chi connectivity index (χ3v) is 5.11. The highest BCUT2D eigenvalue weighted by Crippen LogP contribution is 2.29. The maximum absolute atomic E-state index is 10.9. The largest absolute Gasteiger partial charge is 0.481 e. The normalized spacial score (nSPS) is 21.2. The van der Waals surface area contributed by atoms with E-state index in [1.54, 1.807) is 0 Å². The average Bonchev–Trinajstić information content (AvgIpc) is 2.42. The molecule has 0 saturated carbocycles. The first-order chi connectivity index (χ1) is 9.95. The molecular weight excluding hydrogens is 354 g/mol. The van der Waals surface area contributed by atoms with Gasteiger partial charge >= 0.3 is 5.97 Å². The van der Waals surface area contributed by atoms with Crippen molar-refractivity contribution in [2.45, 2.75) is 32.7 Å². The van der Waals surface area contributed by atoms with E-state index in [1.807, 2.05) is 19.1 Å². The number of likely N-dealkylation sites (tertiary alicyclic amines) is 1. The van der Waals surface area contributed by atoms with Crippen molar-refractivity contribution in [1.29, 1.82) is 0 Å². The van der Waals surface area contributed by atoms with Gasteiger partial charge < -0.3 is 5.11 Å². The predicted octanol–water partition coefficient (Wildman–Crippen LogP) is 4.43. The van der Waals surface area contributed by atoms with Crippen LogP contribution in [0.25, 0.3) is 0 Å². The number of rotatable bonds is 5. The molecule has 0 amide bonds. The number of halogens is 2. The molecule has 5 heteroatoms. The summed E-state index contributed by atoms with van der Waals surface area (Å²) in [5.74, 6) is -0.0151. The molecule has 21 heavy (non-hydrogen) atoms. The summed E-state index contributed by atoms with van der Waals surface area (Å²) < 4.78 is 1.04. The van der Waals surface area contributed by atoms with E-state index in [9.17, 15) is 4.79 Å². The molecule has 1 saturated heterocycles. The van der Waals surface area contributed by atoms with Crippen LogP contribution in [0.3, 0.4) is 0 Å². The van der Waals surface area contributed by atoms with E-state index in [-0.39, 0.29) is 12.3 Å². The van der Waals surface area contributed by atoms with Crippen molar-refractivity contribution in [3.8, 4) is 0 Å². The van der Waals surface area contributed by atoms with Gasteiger partial charge in [-0.15, -0.1) is 0 Å². The molecule has 1 fully saturated rings. The van der Waals surface area contributed by atoms with Gasteiger partial charge in [-0.2, -0.15) is 0 Å². The van der Waals surface area contributed by atoms with E-state index in [4.69, 9.17) is 16.7 Å². The van der Waals surface area contributed by atoms with Crippen LogP contribution in [0.1, 0.15) is 31.7 Å². The Balaban J connectivity index is 1.98. The number of nitrogens with zero attached hydrogens (tertiary/aromatic N) is 1. The first kappa shape index (κ1) is 16.8. The Morgan fingerprint density at radius 3 is 3.05 bits per heavy atom. The molecule has 2 atom stereocenters. The summed E-state index contributed by atoms with van der Waals surface area (Å²) >= 11 is 9.74. The average molecular weight is 375 g/mol. The summed E-state index contributed by atoms with van der Waals surface area (Å²) in [6.07, 6.45) is 2.51. The number of carbonyl (C=O) groups is 1. The van der Waals surface area contributed by atoms with Crippen molar-refractivity contribution < 1.29 is 9.90 Å². The van der Waals surface area contributed by atoms with Gasteiger partial charge in [0.1, 0.15) is 0 Å². The molecule has 0 bridgehead atoms. The third-order valence-electron chi connectivity index (χ3n) is 4.25. The van der Waals surface area contributed by atoms with Crippen molar-refractivity contribution >= 4 is 33.5 Å². The molecule has 116 valence electrons. The van der Waals surface area contributed by atoms with Gasteiger partial charge in [0, 0.05) is 29.0 Å². The van der Waals surface area contributed by atoms with Crippen LogP contribution in [-0.4, -0.2) is 29.1 Å². The fourth-order valence-electron chi connectivity index (χ4n) is 3.05. The Morgan fingerprint density at radius 2 is 2.33 bits per heavy atom. The first-order valence-corrected chi connectivity index (χ1v) is 8.51. The van der Waals surface area contributed by atoms with Gasteiger partial charge in [-0.3, -0.25) is 9.69 Å². The summed E-state index contributed by atoms with van der Waals surface area (Å²) in [6.45, 7) is 4.89. The molecule has 0 radical (unpaired) electrons. The molecule has 3 nitrogen and oxygen atoms in total. The number of carboxylic acids is 1. The minimum atomic E-state index is -0.699. The number of hydrogen-bond donors (Lipinski definition) is 1. The van der Waals surface area contributed by atoms with Gasteiger partial charge in [0.15, 0.2) is 0 Å².